The fourth-order valence-corrected chi connectivity index (χ4v) is 5.22. The number of carbonyl (C=O) groups excluding carboxylic acids is 2. The van der Waals surface area contributed by atoms with Gasteiger partial charge in [-0.05, 0) is 85.4 Å². The van der Waals surface area contributed by atoms with Crippen molar-refractivity contribution in [3.05, 3.63) is 105 Å². The molecule has 2 heterocycles. The van der Waals surface area contributed by atoms with Crippen molar-refractivity contribution in [2.24, 2.45) is 5.92 Å². The molecular formula is C29H27N3O4S. The zero-order chi connectivity index (χ0) is 25.9. The van der Waals surface area contributed by atoms with Gasteiger partial charge in [0.15, 0.2) is 4.77 Å². The molecule has 1 aliphatic heterocycles. The van der Waals surface area contributed by atoms with Crippen LogP contribution in [-0.2, 0) is 11.2 Å². The quantitative estimate of drug-likeness (QED) is 0.302. The number of amides is 1. The summed E-state index contributed by atoms with van der Waals surface area (Å²) in [7, 11) is 1.30. The van der Waals surface area contributed by atoms with Gasteiger partial charge in [-0.2, -0.15) is 0 Å². The number of esters is 1. The van der Waals surface area contributed by atoms with Gasteiger partial charge < -0.3 is 14.6 Å². The van der Waals surface area contributed by atoms with Gasteiger partial charge in [0.05, 0.1) is 29.3 Å². The summed E-state index contributed by atoms with van der Waals surface area (Å²) in [6.45, 7) is 1.47. The number of hydrogen-bond acceptors (Lipinski definition) is 5. The minimum Gasteiger partial charge on any atom is -0.465 e. The summed E-state index contributed by atoms with van der Waals surface area (Å²) in [6.07, 6.45) is 3.01. The van der Waals surface area contributed by atoms with E-state index in [-0.39, 0.29) is 16.2 Å². The number of aromatic amines is 1. The maximum absolute atomic E-state index is 13.2. The number of rotatable bonds is 5. The highest BCUT2D eigenvalue weighted by molar-refractivity contribution is 7.71. The van der Waals surface area contributed by atoms with Crippen LogP contribution in [0.1, 0.15) is 39.1 Å². The molecule has 188 valence electrons. The first-order valence-electron chi connectivity index (χ1n) is 12.3. The third-order valence-electron chi connectivity index (χ3n) is 6.96. The van der Waals surface area contributed by atoms with Gasteiger partial charge in [-0.25, -0.2) is 4.79 Å². The number of ether oxygens (including phenoxy) is 1. The summed E-state index contributed by atoms with van der Waals surface area (Å²) in [4.78, 5) is 43.1. The number of hydrogen-bond donors (Lipinski definition) is 1. The van der Waals surface area contributed by atoms with E-state index in [1.54, 1.807) is 42.5 Å². The van der Waals surface area contributed by atoms with Crippen LogP contribution in [0.15, 0.2) is 77.6 Å². The van der Waals surface area contributed by atoms with Crippen LogP contribution in [-0.4, -0.2) is 46.5 Å². The summed E-state index contributed by atoms with van der Waals surface area (Å²) in [5.74, 6) is 0.0844. The Morgan fingerprint density at radius 2 is 1.65 bits per heavy atom. The van der Waals surface area contributed by atoms with E-state index >= 15 is 0 Å². The average molecular weight is 514 g/mol. The molecule has 1 fully saturated rings. The van der Waals surface area contributed by atoms with Gasteiger partial charge in [-0.15, -0.1) is 0 Å². The Morgan fingerprint density at radius 1 is 0.973 bits per heavy atom. The first-order valence-corrected chi connectivity index (χ1v) is 12.7. The van der Waals surface area contributed by atoms with Gasteiger partial charge in [-0.3, -0.25) is 14.2 Å². The Labute approximate surface area is 219 Å². The SMILES string of the molecule is COC(=O)c1ccc2c(=O)n(-c3ccc(C(=O)N4CCC(Cc5ccccc5)CC4)cc3)c(=S)[nH]c2c1. The highest BCUT2D eigenvalue weighted by atomic mass is 32.1. The van der Waals surface area contributed by atoms with Crippen molar-refractivity contribution in [3.8, 4) is 5.69 Å². The molecule has 0 unspecified atom stereocenters. The zero-order valence-electron chi connectivity index (χ0n) is 20.5. The number of aromatic nitrogens is 2. The van der Waals surface area contributed by atoms with Crippen LogP contribution in [0.25, 0.3) is 16.6 Å². The Balaban J connectivity index is 1.31. The van der Waals surface area contributed by atoms with Gasteiger partial charge in [0.25, 0.3) is 11.5 Å². The van der Waals surface area contributed by atoms with Gasteiger partial charge in [0.1, 0.15) is 0 Å². The fraction of sp³-hybridized carbons (Fsp3) is 0.241. The molecule has 1 aliphatic rings. The van der Waals surface area contributed by atoms with E-state index in [1.807, 2.05) is 11.0 Å². The summed E-state index contributed by atoms with van der Waals surface area (Å²) in [5, 5.41) is 0.389. The maximum Gasteiger partial charge on any atom is 0.337 e. The molecule has 1 N–H and O–H groups in total. The summed E-state index contributed by atoms with van der Waals surface area (Å²) < 4.78 is 6.33. The van der Waals surface area contributed by atoms with Crippen molar-refractivity contribution in [2.75, 3.05) is 20.2 Å². The monoisotopic (exact) mass is 513 g/mol. The number of carbonyl (C=O) groups is 2. The Kier molecular flexibility index (Phi) is 7.01. The van der Waals surface area contributed by atoms with Gasteiger partial charge in [-0.1, -0.05) is 30.3 Å². The van der Waals surface area contributed by atoms with Crippen LogP contribution in [0.4, 0.5) is 0 Å². The molecule has 3 aromatic carbocycles. The number of likely N-dealkylation sites (tertiary alicyclic amines) is 1. The minimum absolute atomic E-state index is 0.00364. The summed E-state index contributed by atoms with van der Waals surface area (Å²) >= 11 is 5.45. The standard InChI is InChI=1S/C29H27N3O4S/c1-36-28(35)22-9-12-24-25(18-22)30-29(37)32(27(24)34)23-10-7-21(8-11-23)26(33)31-15-13-20(14-16-31)17-19-5-3-2-4-6-19/h2-12,18,20H,13-17H2,1H3,(H,30,37). The van der Waals surface area contributed by atoms with Gasteiger partial charge in [0.2, 0.25) is 0 Å². The van der Waals surface area contributed by atoms with Crippen molar-refractivity contribution >= 4 is 35.0 Å². The number of methoxy groups -OCH3 is 1. The summed E-state index contributed by atoms with van der Waals surface area (Å²) in [6, 6.07) is 22.1. The molecule has 0 bridgehead atoms. The van der Waals surface area contributed by atoms with E-state index in [0.717, 1.165) is 32.4 Å². The Hall–Kier alpha value is -4.04. The third kappa shape index (κ3) is 5.11. The molecule has 0 saturated carbocycles. The molecule has 0 atom stereocenters. The van der Waals surface area contributed by atoms with Crippen molar-refractivity contribution in [2.45, 2.75) is 19.3 Å². The number of fused-ring (bicyclic) bond motifs is 1. The second kappa shape index (κ2) is 10.5. The lowest BCUT2D eigenvalue weighted by molar-refractivity contribution is 0.0600. The molecule has 0 spiro atoms. The van der Waals surface area contributed by atoms with E-state index in [0.29, 0.717) is 33.6 Å². The second-order valence-electron chi connectivity index (χ2n) is 9.29. The molecular weight excluding hydrogens is 486 g/mol. The van der Waals surface area contributed by atoms with Gasteiger partial charge in [0, 0.05) is 18.7 Å². The van der Waals surface area contributed by atoms with Crippen LogP contribution in [0, 0.1) is 10.7 Å². The maximum atomic E-state index is 13.2. The number of piperidine rings is 1. The van der Waals surface area contributed by atoms with E-state index in [1.165, 1.54) is 17.2 Å². The molecule has 1 amide bonds. The fourth-order valence-electron chi connectivity index (χ4n) is 4.92. The molecule has 0 radical (unpaired) electrons. The van der Waals surface area contributed by atoms with E-state index < -0.39 is 5.97 Å². The van der Waals surface area contributed by atoms with Crippen molar-refractivity contribution in [1.82, 2.24) is 14.5 Å². The first-order chi connectivity index (χ1) is 17.9. The highest BCUT2D eigenvalue weighted by Crippen LogP contribution is 2.23. The molecule has 8 heteroatoms. The average Bonchev–Trinajstić information content (AvgIpc) is 2.93. The van der Waals surface area contributed by atoms with Crippen LogP contribution in [0.5, 0.6) is 0 Å². The smallest absolute Gasteiger partial charge is 0.337 e. The molecule has 1 saturated heterocycles. The predicted octanol–water partition coefficient (Wildman–Crippen LogP) is 4.93. The van der Waals surface area contributed by atoms with Crippen LogP contribution in [0.2, 0.25) is 0 Å². The van der Waals surface area contributed by atoms with E-state index in [9.17, 15) is 14.4 Å². The lowest BCUT2D eigenvalue weighted by Crippen LogP contribution is -2.38. The Morgan fingerprint density at radius 3 is 2.32 bits per heavy atom. The van der Waals surface area contributed by atoms with Gasteiger partial charge >= 0.3 is 5.97 Å². The van der Waals surface area contributed by atoms with Crippen molar-refractivity contribution < 1.29 is 14.3 Å². The molecule has 1 aromatic heterocycles. The topological polar surface area (TPSA) is 84.4 Å². The van der Waals surface area contributed by atoms with Crippen LogP contribution in [0.3, 0.4) is 0 Å². The lowest BCUT2D eigenvalue weighted by atomic mass is 9.90. The third-order valence-corrected chi connectivity index (χ3v) is 7.24. The zero-order valence-corrected chi connectivity index (χ0v) is 21.3. The second-order valence-corrected chi connectivity index (χ2v) is 9.68. The molecule has 37 heavy (non-hydrogen) atoms. The molecule has 5 rings (SSSR count). The van der Waals surface area contributed by atoms with Crippen molar-refractivity contribution in [1.29, 1.82) is 0 Å². The molecule has 7 nitrogen and oxygen atoms in total. The normalized spacial score (nSPS) is 14.0. The molecule has 0 aliphatic carbocycles. The van der Waals surface area contributed by atoms with E-state index in [4.69, 9.17) is 17.0 Å². The molecule has 4 aromatic rings. The Bertz CT molecular complexity index is 1570. The first kappa shape index (κ1) is 24.6. The van der Waals surface area contributed by atoms with Crippen LogP contribution < -0.4 is 5.56 Å². The number of nitrogens with zero attached hydrogens (tertiary/aromatic N) is 2. The summed E-state index contributed by atoms with van der Waals surface area (Å²) in [5.41, 5.74) is 2.95. The lowest BCUT2D eigenvalue weighted by Gasteiger charge is -2.32. The number of benzene rings is 3. The van der Waals surface area contributed by atoms with Crippen LogP contribution >= 0.6 is 12.2 Å². The number of H-pyrrole nitrogens is 1. The highest BCUT2D eigenvalue weighted by Gasteiger charge is 2.24. The largest absolute Gasteiger partial charge is 0.465 e. The number of nitrogens with one attached hydrogen (secondary N) is 1. The minimum atomic E-state index is -0.494. The predicted molar refractivity (Wildman–Crippen MR) is 145 cm³/mol. The van der Waals surface area contributed by atoms with Crippen molar-refractivity contribution in [3.63, 3.8) is 0 Å². The van der Waals surface area contributed by atoms with E-state index in [2.05, 4.69) is 29.2 Å².